The monoisotopic (exact) mass is 492 g/mol. The first-order chi connectivity index (χ1) is 14.9. The second kappa shape index (κ2) is 19.9. The highest BCUT2D eigenvalue weighted by Gasteiger charge is 2.41. The minimum atomic E-state index is -0.751. The lowest BCUT2D eigenvalue weighted by Gasteiger charge is -2.32. The molecule has 3 unspecified atom stereocenters. The molecule has 0 aromatic rings. The molecule has 1 N–H and O–H groups in total. The van der Waals surface area contributed by atoms with E-state index in [0.29, 0.717) is 17.8 Å². The van der Waals surface area contributed by atoms with E-state index in [9.17, 15) is 9.90 Å². The van der Waals surface area contributed by atoms with E-state index in [0.717, 1.165) is 36.5 Å². The van der Waals surface area contributed by atoms with Gasteiger partial charge >= 0.3 is 5.97 Å². The summed E-state index contributed by atoms with van der Waals surface area (Å²) in [6, 6.07) is 0. The zero-order chi connectivity index (χ0) is 23.5. The predicted octanol–water partition coefficient (Wildman–Crippen LogP) is 9.57. The van der Waals surface area contributed by atoms with Crippen molar-refractivity contribution in [2.45, 2.75) is 122 Å². The summed E-state index contributed by atoms with van der Waals surface area (Å²) in [5.74, 6) is 4.20. The number of hydrogen-bond acceptors (Lipinski definition) is 4. The van der Waals surface area contributed by atoms with E-state index in [4.69, 9.17) is 0 Å². The maximum Gasteiger partial charge on any atom is 0.340 e. The maximum absolute atomic E-state index is 12.7. The van der Waals surface area contributed by atoms with Crippen molar-refractivity contribution in [2.75, 3.05) is 17.3 Å². The summed E-state index contributed by atoms with van der Waals surface area (Å²) in [6.45, 7) is 13.5. The van der Waals surface area contributed by atoms with Crippen LogP contribution in [0.5, 0.6) is 0 Å². The highest BCUT2D eigenvalue weighted by molar-refractivity contribution is 8.35. The summed E-state index contributed by atoms with van der Waals surface area (Å²) in [4.78, 5) is 12.7. The fourth-order valence-corrected chi connectivity index (χ4v) is 8.85. The predicted molar refractivity (Wildman–Crippen MR) is 148 cm³/mol. The highest BCUT2D eigenvalue weighted by atomic mass is 32.3. The molecule has 0 aromatic heterocycles. The van der Waals surface area contributed by atoms with E-state index in [2.05, 4.69) is 41.5 Å². The standard InChI is InChI=1S/C26H52O2S3/c1-7-13-16-22(10-4)19-29-26(25(27)28,30-20-23(11-5)17-14-8-2)31-21-24(12-6)18-15-9-3/h22-24H,7-21H2,1-6H3,(H,27,28). The molecule has 31 heavy (non-hydrogen) atoms. The van der Waals surface area contributed by atoms with E-state index >= 15 is 0 Å². The summed E-state index contributed by atoms with van der Waals surface area (Å²) in [5.41, 5.74) is 0. The average molecular weight is 493 g/mol. The number of carboxylic acids is 1. The van der Waals surface area contributed by atoms with Crippen LogP contribution in [0.4, 0.5) is 0 Å². The van der Waals surface area contributed by atoms with Gasteiger partial charge in [0, 0.05) is 0 Å². The minimum Gasteiger partial charge on any atom is -0.479 e. The third-order valence-electron chi connectivity index (χ3n) is 6.42. The Morgan fingerprint density at radius 2 is 0.935 bits per heavy atom. The fourth-order valence-electron chi connectivity index (χ4n) is 3.69. The molecular formula is C26H52O2S3. The van der Waals surface area contributed by atoms with Crippen LogP contribution in [0.25, 0.3) is 0 Å². The SMILES string of the molecule is CCCCC(CC)CSC(SCC(CC)CCCC)(SCC(CC)CCCC)C(=O)O. The normalized spacial score (nSPS) is 16.6. The molecule has 0 fully saturated rings. The van der Waals surface area contributed by atoms with E-state index in [1.165, 1.54) is 57.8 Å². The van der Waals surface area contributed by atoms with Crippen LogP contribution in [0.2, 0.25) is 0 Å². The fraction of sp³-hybridized carbons (Fsp3) is 0.962. The Morgan fingerprint density at radius 1 is 0.645 bits per heavy atom. The Hall–Kier alpha value is 0.520. The smallest absolute Gasteiger partial charge is 0.340 e. The van der Waals surface area contributed by atoms with Crippen LogP contribution in [0.1, 0.15) is 119 Å². The lowest BCUT2D eigenvalue weighted by Crippen LogP contribution is -2.31. The number of rotatable bonds is 22. The van der Waals surface area contributed by atoms with Crippen molar-refractivity contribution in [3.63, 3.8) is 0 Å². The van der Waals surface area contributed by atoms with E-state index in [-0.39, 0.29) is 0 Å². The Morgan fingerprint density at radius 3 is 1.13 bits per heavy atom. The van der Waals surface area contributed by atoms with Crippen molar-refractivity contribution >= 4 is 41.3 Å². The van der Waals surface area contributed by atoms with Gasteiger partial charge in [-0.1, -0.05) is 99.3 Å². The first kappa shape index (κ1) is 31.5. The van der Waals surface area contributed by atoms with Gasteiger partial charge < -0.3 is 5.11 Å². The van der Waals surface area contributed by atoms with E-state index in [1.54, 1.807) is 35.3 Å². The molecule has 0 rings (SSSR count). The lowest BCUT2D eigenvalue weighted by molar-refractivity contribution is -0.135. The zero-order valence-electron chi connectivity index (χ0n) is 21.4. The van der Waals surface area contributed by atoms with Gasteiger partial charge in [-0.2, -0.15) is 0 Å². The van der Waals surface area contributed by atoms with Crippen molar-refractivity contribution in [3.05, 3.63) is 0 Å². The third kappa shape index (κ3) is 13.7. The van der Waals surface area contributed by atoms with Gasteiger partial charge in [0.05, 0.1) is 0 Å². The maximum atomic E-state index is 12.7. The van der Waals surface area contributed by atoms with Crippen molar-refractivity contribution in [1.29, 1.82) is 0 Å². The Balaban J connectivity index is 5.34. The highest BCUT2D eigenvalue weighted by Crippen LogP contribution is 2.50. The molecule has 0 saturated carbocycles. The van der Waals surface area contributed by atoms with Gasteiger partial charge in [0.1, 0.15) is 0 Å². The van der Waals surface area contributed by atoms with Crippen LogP contribution >= 0.6 is 35.3 Å². The molecule has 0 aliphatic carbocycles. The van der Waals surface area contributed by atoms with Crippen LogP contribution in [0.15, 0.2) is 0 Å². The second-order valence-corrected chi connectivity index (χ2v) is 13.5. The molecular weight excluding hydrogens is 440 g/mol. The molecule has 0 radical (unpaired) electrons. The van der Waals surface area contributed by atoms with Gasteiger partial charge in [0.25, 0.3) is 0 Å². The van der Waals surface area contributed by atoms with Crippen molar-refractivity contribution in [1.82, 2.24) is 0 Å². The van der Waals surface area contributed by atoms with Crippen LogP contribution in [0.3, 0.4) is 0 Å². The van der Waals surface area contributed by atoms with Gasteiger partial charge in [0.15, 0.2) is 0 Å². The first-order valence-electron chi connectivity index (χ1n) is 13.1. The van der Waals surface area contributed by atoms with Crippen LogP contribution in [-0.2, 0) is 4.79 Å². The molecule has 186 valence electrons. The number of aliphatic carboxylic acids is 1. The van der Waals surface area contributed by atoms with E-state index in [1.807, 2.05) is 0 Å². The Labute approximate surface area is 207 Å². The largest absolute Gasteiger partial charge is 0.479 e. The summed E-state index contributed by atoms with van der Waals surface area (Å²) >= 11 is 5.22. The van der Waals surface area contributed by atoms with Gasteiger partial charge in [-0.05, 0) is 54.3 Å². The number of thioether (sulfide) groups is 3. The Bertz CT molecular complexity index is 381. The molecule has 0 heterocycles. The molecule has 0 bridgehead atoms. The number of hydrogen-bond donors (Lipinski definition) is 1. The quantitative estimate of drug-likeness (QED) is 0.152. The van der Waals surface area contributed by atoms with Crippen molar-refractivity contribution in [3.8, 4) is 0 Å². The number of carboxylic acid groups (broad SMARTS) is 1. The van der Waals surface area contributed by atoms with E-state index < -0.39 is 9.38 Å². The third-order valence-corrected chi connectivity index (χ3v) is 12.1. The minimum absolute atomic E-state index is 0.617. The molecule has 0 spiro atoms. The number of unbranched alkanes of at least 4 members (excludes halogenated alkanes) is 3. The van der Waals surface area contributed by atoms with Crippen LogP contribution < -0.4 is 0 Å². The second-order valence-electron chi connectivity index (χ2n) is 9.04. The first-order valence-corrected chi connectivity index (χ1v) is 16.0. The van der Waals surface area contributed by atoms with Gasteiger partial charge in [-0.25, -0.2) is 4.79 Å². The summed E-state index contributed by atoms with van der Waals surface area (Å²) < 4.78 is -0.751. The van der Waals surface area contributed by atoms with Crippen molar-refractivity contribution < 1.29 is 9.90 Å². The molecule has 0 aromatic carbocycles. The van der Waals surface area contributed by atoms with Crippen LogP contribution in [0, 0.1) is 17.8 Å². The summed E-state index contributed by atoms with van der Waals surface area (Å²) in [5, 5.41) is 10.4. The Kier molecular flexibility index (Phi) is 20.3. The summed E-state index contributed by atoms with van der Waals surface area (Å²) in [6.07, 6.45) is 14.6. The molecule has 0 aliphatic rings. The van der Waals surface area contributed by atoms with Gasteiger partial charge in [0.2, 0.25) is 3.41 Å². The summed E-state index contributed by atoms with van der Waals surface area (Å²) in [7, 11) is 0. The molecule has 5 heteroatoms. The van der Waals surface area contributed by atoms with Gasteiger partial charge in [-0.3, -0.25) is 0 Å². The molecule has 0 saturated heterocycles. The molecule has 2 nitrogen and oxygen atoms in total. The molecule has 0 amide bonds. The lowest BCUT2D eigenvalue weighted by atomic mass is 10.0. The van der Waals surface area contributed by atoms with Crippen molar-refractivity contribution in [2.24, 2.45) is 17.8 Å². The van der Waals surface area contributed by atoms with Crippen LogP contribution in [-0.4, -0.2) is 31.7 Å². The topological polar surface area (TPSA) is 37.3 Å². The van der Waals surface area contributed by atoms with Gasteiger partial charge in [-0.15, -0.1) is 35.3 Å². The zero-order valence-corrected chi connectivity index (χ0v) is 23.9. The average Bonchev–Trinajstić information content (AvgIpc) is 2.78. The number of carbonyl (C=O) groups is 1. The molecule has 3 atom stereocenters. The molecule has 0 aliphatic heterocycles.